The second-order valence-corrected chi connectivity index (χ2v) is 10.2. The van der Waals surface area contributed by atoms with Gasteiger partial charge in [0.05, 0.1) is 17.3 Å². The third-order valence-corrected chi connectivity index (χ3v) is 6.99. The van der Waals surface area contributed by atoms with Gasteiger partial charge in [0, 0.05) is 24.1 Å². The Bertz CT molecular complexity index is 988. The summed E-state index contributed by atoms with van der Waals surface area (Å²) in [5.41, 5.74) is 2.44. The van der Waals surface area contributed by atoms with E-state index in [9.17, 15) is 23.1 Å². The van der Waals surface area contributed by atoms with Crippen LogP contribution in [0.1, 0.15) is 69.7 Å². The molecule has 0 spiro atoms. The number of hydrogen-bond acceptors (Lipinski definition) is 6. The van der Waals surface area contributed by atoms with Gasteiger partial charge in [-0.2, -0.15) is 22.5 Å². The number of alkyl halides is 3. The van der Waals surface area contributed by atoms with Gasteiger partial charge < -0.3 is 15.3 Å². The van der Waals surface area contributed by atoms with Crippen LogP contribution >= 0.6 is 11.5 Å². The number of carboxylic acids is 1. The Labute approximate surface area is 195 Å². The summed E-state index contributed by atoms with van der Waals surface area (Å²) in [6.45, 7) is 5.13. The van der Waals surface area contributed by atoms with Gasteiger partial charge in [-0.05, 0) is 48.8 Å². The van der Waals surface area contributed by atoms with Crippen LogP contribution in [0.5, 0.6) is 0 Å². The van der Waals surface area contributed by atoms with E-state index in [0.717, 1.165) is 43.5 Å². The van der Waals surface area contributed by atoms with Gasteiger partial charge in [0.15, 0.2) is 0 Å². The van der Waals surface area contributed by atoms with Crippen LogP contribution in [-0.2, 0) is 11.0 Å². The van der Waals surface area contributed by atoms with E-state index in [1.165, 1.54) is 6.42 Å². The molecule has 0 saturated heterocycles. The minimum atomic E-state index is -4.60. The molecule has 33 heavy (non-hydrogen) atoms. The zero-order chi connectivity index (χ0) is 23.8. The summed E-state index contributed by atoms with van der Waals surface area (Å²) < 4.78 is 42.5. The molecule has 0 unspecified atom stereocenters. The van der Waals surface area contributed by atoms with E-state index in [0.29, 0.717) is 35.6 Å². The lowest BCUT2D eigenvalue weighted by Crippen LogP contribution is -2.39. The average molecular weight is 483 g/mol. The highest BCUT2D eigenvalue weighted by molar-refractivity contribution is 7.09. The number of aromatic nitrogens is 2. The molecule has 180 valence electrons. The zero-order valence-corrected chi connectivity index (χ0v) is 19.5. The minimum absolute atomic E-state index is 0.0689. The lowest BCUT2D eigenvalue weighted by Gasteiger charge is -2.38. The number of halogens is 3. The van der Waals surface area contributed by atoms with E-state index in [1.54, 1.807) is 0 Å². The van der Waals surface area contributed by atoms with Gasteiger partial charge in [-0.15, -0.1) is 0 Å². The lowest BCUT2D eigenvalue weighted by molar-refractivity contribution is -0.144. The quantitative estimate of drug-likeness (QED) is 0.461. The molecule has 1 heterocycles. The standard InChI is InChI=1S/C23H29F3N4O2S/c1-13(2)12-30(15-6-4-3-5-7-15)19-9-8-14(16-11-17(16)20(31)32)10-18(19)27-22-28-21(29-33-22)23(24,25)26/h8-10,13,15-17H,3-7,11-12H2,1-2H3,(H,31,32)(H,27,28,29)/t16-,17-/m1/s1. The van der Waals surface area contributed by atoms with Crippen LogP contribution in [0.2, 0.25) is 0 Å². The van der Waals surface area contributed by atoms with Crippen LogP contribution in [-0.4, -0.2) is 33.0 Å². The molecule has 1 aromatic carbocycles. The number of nitrogens with one attached hydrogen (secondary N) is 1. The molecule has 2 atom stereocenters. The topological polar surface area (TPSA) is 78.4 Å². The molecule has 2 aliphatic rings. The summed E-state index contributed by atoms with van der Waals surface area (Å²) >= 11 is 0.672. The third-order valence-electron chi connectivity index (χ3n) is 6.36. The van der Waals surface area contributed by atoms with Gasteiger partial charge in [-0.25, -0.2) is 0 Å². The summed E-state index contributed by atoms with van der Waals surface area (Å²) in [4.78, 5) is 17.4. The first kappa shape index (κ1) is 23.8. The second kappa shape index (κ2) is 9.48. The van der Waals surface area contributed by atoms with Crippen molar-refractivity contribution in [3.63, 3.8) is 0 Å². The van der Waals surface area contributed by atoms with Crippen LogP contribution in [0.4, 0.5) is 29.7 Å². The SMILES string of the molecule is CC(C)CN(c1ccc([C@H]2C[C@H]2C(=O)O)cc1Nc1nc(C(F)(F)F)ns1)C1CCCCC1. The van der Waals surface area contributed by atoms with Crippen molar-refractivity contribution in [1.29, 1.82) is 0 Å². The maximum Gasteiger partial charge on any atom is 0.452 e. The zero-order valence-electron chi connectivity index (χ0n) is 18.7. The van der Waals surface area contributed by atoms with E-state index in [1.807, 2.05) is 18.2 Å². The molecular weight excluding hydrogens is 453 g/mol. The van der Waals surface area contributed by atoms with Crippen molar-refractivity contribution in [1.82, 2.24) is 9.36 Å². The monoisotopic (exact) mass is 482 g/mol. The van der Waals surface area contributed by atoms with E-state index >= 15 is 0 Å². The lowest BCUT2D eigenvalue weighted by atomic mass is 9.92. The molecule has 2 N–H and O–H groups in total. The fraction of sp³-hybridized carbons (Fsp3) is 0.609. The van der Waals surface area contributed by atoms with Crippen LogP contribution in [0.25, 0.3) is 0 Å². The van der Waals surface area contributed by atoms with Gasteiger partial charge in [0.1, 0.15) is 0 Å². The summed E-state index contributed by atoms with van der Waals surface area (Å²) in [7, 11) is 0. The van der Waals surface area contributed by atoms with E-state index < -0.39 is 23.9 Å². The number of nitrogens with zero attached hydrogens (tertiary/aromatic N) is 3. The Morgan fingerprint density at radius 1 is 1.27 bits per heavy atom. The van der Waals surface area contributed by atoms with Crippen molar-refractivity contribution in [3.8, 4) is 0 Å². The fourth-order valence-electron chi connectivity index (χ4n) is 4.71. The van der Waals surface area contributed by atoms with Crippen molar-refractivity contribution in [2.75, 3.05) is 16.8 Å². The van der Waals surface area contributed by atoms with Crippen LogP contribution < -0.4 is 10.2 Å². The Kier molecular flexibility index (Phi) is 6.83. The van der Waals surface area contributed by atoms with Gasteiger partial charge in [0.25, 0.3) is 0 Å². The van der Waals surface area contributed by atoms with Crippen molar-refractivity contribution in [3.05, 3.63) is 29.6 Å². The Balaban J connectivity index is 1.69. The van der Waals surface area contributed by atoms with Crippen molar-refractivity contribution in [2.24, 2.45) is 11.8 Å². The number of carboxylic acid groups (broad SMARTS) is 1. The maximum absolute atomic E-state index is 13.0. The molecule has 4 rings (SSSR count). The number of carbonyl (C=O) groups is 1. The highest BCUT2D eigenvalue weighted by Crippen LogP contribution is 2.49. The molecule has 0 aliphatic heterocycles. The first-order valence-corrected chi connectivity index (χ1v) is 12.2. The summed E-state index contributed by atoms with van der Waals surface area (Å²) in [6.07, 6.45) is 1.67. The number of aliphatic carboxylic acids is 1. The van der Waals surface area contributed by atoms with Crippen molar-refractivity contribution in [2.45, 2.75) is 70.5 Å². The van der Waals surface area contributed by atoms with Gasteiger partial charge >= 0.3 is 12.1 Å². The van der Waals surface area contributed by atoms with Crippen LogP contribution in [0.3, 0.4) is 0 Å². The van der Waals surface area contributed by atoms with Crippen molar-refractivity contribution < 1.29 is 23.1 Å². The van der Waals surface area contributed by atoms with E-state index in [-0.39, 0.29) is 11.0 Å². The van der Waals surface area contributed by atoms with Crippen LogP contribution in [0.15, 0.2) is 18.2 Å². The summed E-state index contributed by atoms with van der Waals surface area (Å²) in [6, 6.07) is 6.19. The molecule has 1 aromatic heterocycles. The third kappa shape index (κ3) is 5.59. The van der Waals surface area contributed by atoms with Crippen molar-refractivity contribution >= 4 is 34.0 Å². The molecule has 2 saturated carbocycles. The second-order valence-electron chi connectivity index (χ2n) is 9.45. The summed E-state index contributed by atoms with van der Waals surface area (Å²) in [5.74, 6) is -2.07. The Morgan fingerprint density at radius 3 is 2.58 bits per heavy atom. The highest BCUT2D eigenvalue weighted by atomic mass is 32.1. The normalized spacial score (nSPS) is 21.3. The molecule has 0 bridgehead atoms. The number of hydrogen-bond donors (Lipinski definition) is 2. The molecule has 0 amide bonds. The van der Waals surface area contributed by atoms with Crippen LogP contribution in [0, 0.1) is 11.8 Å². The Morgan fingerprint density at radius 2 is 2.00 bits per heavy atom. The predicted molar refractivity (Wildman–Crippen MR) is 122 cm³/mol. The molecule has 0 radical (unpaired) electrons. The van der Waals surface area contributed by atoms with Gasteiger partial charge in [-0.3, -0.25) is 4.79 Å². The molecular formula is C23H29F3N4O2S. The van der Waals surface area contributed by atoms with E-state index in [2.05, 4.69) is 33.4 Å². The first-order chi connectivity index (χ1) is 15.6. The highest BCUT2D eigenvalue weighted by Gasteiger charge is 2.44. The number of anilines is 3. The van der Waals surface area contributed by atoms with E-state index in [4.69, 9.17) is 0 Å². The molecule has 2 aromatic rings. The average Bonchev–Trinajstić information content (AvgIpc) is 3.43. The Hall–Kier alpha value is -2.36. The molecule has 2 aliphatic carbocycles. The largest absolute Gasteiger partial charge is 0.481 e. The summed E-state index contributed by atoms with van der Waals surface area (Å²) in [5, 5.41) is 12.5. The smallest absolute Gasteiger partial charge is 0.452 e. The maximum atomic E-state index is 13.0. The fourth-order valence-corrected chi connectivity index (χ4v) is 5.31. The number of rotatable bonds is 8. The minimum Gasteiger partial charge on any atom is -0.481 e. The van der Waals surface area contributed by atoms with Gasteiger partial charge in [-0.1, -0.05) is 39.2 Å². The van der Waals surface area contributed by atoms with Gasteiger partial charge in [0.2, 0.25) is 11.0 Å². The predicted octanol–water partition coefficient (Wildman–Crippen LogP) is 6.28. The first-order valence-electron chi connectivity index (χ1n) is 11.4. The number of benzene rings is 1. The molecule has 2 fully saturated rings. The molecule has 10 heteroatoms. The molecule has 6 nitrogen and oxygen atoms in total.